The summed E-state index contributed by atoms with van der Waals surface area (Å²) in [6.07, 6.45) is 4.18. The maximum Gasteiger partial charge on any atom is 0.0575 e. The molecule has 84 valence electrons. The Labute approximate surface area is 88.4 Å². The Hall–Kier alpha value is -0.0800. The highest BCUT2D eigenvalue weighted by molar-refractivity contribution is 4.72. The van der Waals surface area contributed by atoms with Crippen molar-refractivity contribution in [2.45, 2.75) is 46.1 Å². The van der Waals surface area contributed by atoms with Gasteiger partial charge in [-0.05, 0) is 44.2 Å². The van der Waals surface area contributed by atoms with Gasteiger partial charge in [0.1, 0.15) is 0 Å². The molecule has 1 aliphatic heterocycles. The lowest BCUT2D eigenvalue weighted by atomic mass is 9.94. The Morgan fingerprint density at radius 1 is 1.43 bits per heavy atom. The standard InChI is InChI=1S/C12H25NO/c1-4-12-7-11(5-6-14-12)9-13-8-10(2)3/h10-13H,4-9H2,1-3H3. The van der Waals surface area contributed by atoms with Crippen LogP contribution in [0.4, 0.5) is 0 Å². The minimum Gasteiger partial charge on any atom is -0.378 e. The van der Waals surface area contributed by atoms with E-state index in [1.54, 1.807) is 0 Å². The molecule has 0 saturated carbocycles. The summed E-state index contributed by atoms with van der Waals surface area (Å²) in [5.74, 6) is 1.60. The molecule has 0 bridgehead atoms. The lowest BCUT2D eigenvalue weighted by Gasteiger charge is -2.29. The van der Waals surface area contributed by atoms with Gasteiger partial charge in [-0.1, -0.05) is 20.8 Å². The highest BCUT2D eigenvalue weighted by atomic mass is 16.5. The Morgan fingerprint density at radius 3 is 2.86 bits per heavy atom. The van der Waals surface area contributed by atoms with E-state index in [4.69, 9.17) is 4.74 Å². The van der Waals surface area contributed by atoms with Gasteiger partial charge in [0, 0.05) is 6.61 Å². The molecule has 1 saturated heterocycles. The van der Waals surface area contributed by atoms with Gasteiger partial charge in [0.05, 0.1) is 6.10 Å². The molecule has 0 spiro atoms. The van der Waals surface area contributed by atoms with E-state index in [1.807, 2.05) is 0 Å². The van der Waals surface area contributed by atoms with E-state index in [9.17, 15) is 0 Å². The maximum atomic E-state index is 5.66. The van der Waals surface area contributed by atoms with Crippen molar-refractivity contribution < 1.29 is 4.74 Å². The maximum absolute atomic E-state index is 5.66. The Bertz CT molecular complexity index is 147. The number of ether oxygens (including phenoxy) is 1. The smallest absolute Gasteiger partial charge is 0.0575 e. The lowest BCUT2D eigenvalue weighted by Crippen LogP contribution is -2.33. The third kappa shape index (κ3) is 4.43. The summed E-state index contributed by atoms with van der Waals surface area (Å²) in [6.45, 7) is 10.0. The quantitative estimate of drug-likeness (QED) is 0.734. The normalized spacial score (nSPS) is 28.3. The fourth-order valence-corrected chi connectivity index (χ4v) is 2.01. The van der Waals surface area contributed by atoms with Crippen LogP contribution >= 0.6 is 0 Å². The fourth-order valence-electron chi connectivity index (χ4n) is 2.01. The van der Waals surface area contributed by atoms with E-state index in [1.165, 1.54) is 25.8 Å². The second-order valence-corrected chi connectivity index (χ2v) is 4.84. The molecule has 1 heterocycles. The zero-order valence-corrected chi connectivity index (χ0v) is 9.88. The predicted molar refractivity (Wildman–Crippen MR) is 60.5 cm³/mol. The van der Waals surface area contributed by atoms with Crippen LogP contribution in [-0.4, -0.2) is 25.8 Å². The fraction of sp³-hybridized carbons (Fsp3) is 1.00. The van der Waals surface area contributed by atoms with Crippen LogP contribution in [0.25, 0.3) is 0 Å². The topological polar surface area (TPSA) is 21.3 Å². The van der Waals surface area contributed by atoms with Gasteiger partial charge in [-0.3, -0.25) is 0 Å². The Morgan fingerprint density at radius 2 is 2.21 bits per heavy atom. The van der Waals surface area contributed by atoms with Crippen LogP contribution in [0.3, 0.4) is 0 Å². The van der Waals surface area contributed by atoms with Crippen molar-refractivity contribution >= 4 is 0 Å². The molecule has 14 heavy (non-hydrogen) atoms. The average molecular weight is 199 g/mol. The van der Waals surface area contributed by atoms with Gasteiger partial charge in [0.2, 0.25) is 0 Å². The van der Waals surface area contributed by atoms with Crippen molar-refractivity contribution in [1.29, 1.82) is 0 Å². The molecule has 0 aromatic heterocycles. The molecule has 0 aromatic rings. The molecule has 2 heteroatoms. The number of rotatable bonds is 5. The van der Waals surface area contributed by atoms with Crippen molar-refractivity contribution in [3.05, 3.63) is 0 Å². The second kappa shape index (κ2) is 6.41. The van der Waals surface area contributed by atoms with Gasteiger partial charge in [0.15, 0.2) is 0 Å². The molecule has 0 amide bonds. The van der Waals surface area contributed by atoms with E-state index in [2.05, 4.69) is 26.1 Å². The van der Waals surface area contributed by atoms with Gasteiger partial charge >= 0.3 is 0 Å². The van der Waals surface area contributed by atoms with Crippen LogP contribution < -0.4 is 5.32 Å². The first-order valence-electron chi connectivity index (χ1n) is 6.04. The highest BCUT2D eigenvalue weighted by Crippen LogP contribution is 2.21. The molecule has 2 atom stereocenters. The van der Waals surface area contributed by atoms with E-state index >= 15 is 0 Å². The molecule has 0 aromatic carbocycles. The summed E-state index contributed by atoms with van der Waals surface area (Å²) in [6, 6.07) is 0. The second-order valence-electron chi connectivity index (χ2n) is 4.84. The van der Waals surface area contributed by atoms with Crippen molar-refractivity contribution in [3.8, 4) is 0 Å². The van der Waals surface area contributed by atoms with Crippen LogP contribution in [-0.2, 0) is 4.74 Å². The third-order valence-electron chi connectivity index (χ3n) is 2.92. The third-order valence-corrected chi connectivity index (χ3v) is 2.92. The first kappa shape index (κ1) is 12.0. The van der Waals surface area contributed by atoms with Crippen LogP contribution in [0.2, 0.25) is 0 Å². The van der Waals surface area contributed by atoms with Crippen LogP contribution in [0.5, 0.6) is 0 Å². The molecular formula is C12H25NO. The molecule has 1 N–H and O–H groups in total. The van der Waals surface area contributed by atoms with E-state index in [0.29, 0.717) is 6.10 Å². The van der Waals surface area contributed by atoms with E-state index < -0.39 is 0 Å². The van der Waals surface area contributed by atoms with E-state index in [-0.39, 0.29) is 0 Å². The minimum atomic E-state index is 0.523. The molecule has 2 nitrogen and oxygen atoms in total. The van der Waals surface area contributed by atoms with Crippen molar-refractivity contribution in [2.75, 3.05) is 19.7 Å². The Kier molecular flexibility index (Phi) is 5.49. The zero-order valence-electron chi connectivity index (χ0n) is 9.88. The molecule has 1 fully saturated rings. The van der Waals surface area contributed by atoms with E-state index in [0.717, 1.165) is 25.0 Å². The predicted octanol–water partition coefficient (Wildman–Crippen LogP) is 2.44. The van der Waals surface area contributed by atoms with Crippen molar-refractivity contribution in [3.63, 3.8) is 0 Å². The molecule has 1 rings (SSSR count). The monoisotopic (exact) mass is 199 g/mol. The molecule has 0 radical (unpaired) electrons. The van der Waals surface area contributed by atoms with Crippen molar-refractivity contribution in [2.24, 2.45) is 11.8 Å². The van der Waals surface area contributed by atoms with Gasteiger partial charge in [-0.15, -0.1) is 0 Å². The SMILES string of the molecule is CCC1CC(CNCC(C)C)CCO1. The number of nitrogens with one attached hydrogen (secondary N) is 1. The van der Waals surface area contributed by atoms with Gasteiger partial charge in [0.25, 0.3) is 0 Å². The average Bonchev–Trinajstić information content (AvgIpc) is 2.18. The molecule has 0 aliphatic carbocycles. The Balaban J connectivity index is 2.11. The summed E-state index contributed by atoms with van der Waals surface area (Å²) >= 11 is 0. The number of hydrogen-bond donors (Lipinski definition) is 1. The molecule has 1 aliphatic rings. The summed E-state index contributed by atoms with van der Waals surface area (Å²) in [4.78, 5) is 0. The first-order valence-corrected chi connectivity index (χ1v) is 6.04. The van der Waals surface area contributed by atoms with Crippen LogP contribution in [0, 0.1) is 11.8 Å². The molecular weight excluding hydrogens is 174 g/mol. The van der Waals surface area contributed by atoms with Gasteiger partial charge in [-0.25, -0.2) is 0 Å². The van der Waals surface area contributed by atoms with Crippen molar-refractivity contribution in [1.82, 2.24) is 5.32 Å². The van der Waals surface area contributed by atoms with Gasteiger partial charge < -0.3 is 10.1 Å². The minimum absolute atomic E-state index is 0.523. The first-order chi connectivity index (χ1) is 6.72. The summed E-state index contributed by atoms with van der Waals surface area (Å²) in [5.41, 5.74) is 0. The zero-order chi connectivity index (χ0) is 10.4. The largest absolute Gasteiger partial charge is 0.378 e. The van der Waals surface area contributed by atoms with Crippen LogP contribution in [0.1, 0.15) is 40.0 Å². The summed E-state index contributed by atoms with van der Waals surface area (Å²) < 4.78 is 5.66. The van der Waals surface area contributed by atoms with Gasteiger partial charge in [-0.2, -0.15) is 0 Å². The summed E-state index contributed by atoms with van der Waals surface area (Å²) in [5, 5.41) is 3.54. The van der Waals surface area contributed by atoms with Crippen LogP contribution in [0.15, 0.2) is 0 Å². The highest BCUT2D eigenvalue weighted by Gasteiger charge is 2.20. The molecule has 2 unspecified atom stereocenters. The number of hydrogen-bond acceptors (Lipinski definition) is 2. The lowest BCUT2D eigenvalue weighted by molar-refractivity contribution is -0.0101. The summed E-state index contributed by atoms with van der Waals surface area (Å²) in [7, 11) is 0.